The van der Waals surface area contributed by atoms with Crippen LogP contribution in [0.15, 0.2) is 60.9 Å². The van der Waals surface area contributed by atoms with Crippen LogP contribution in [0.25, 0.3) is 0 Å². The molecule has 2 aromatic carbocycles. The topological polar surface area (TPSA) is 80.3 Å². The monoisotopic (exact) mass is 383 g/mol. The molecule has 0 atom stereocenters. The van der Waals surface area contributed by atoms with E-state index in [0.717, 1.165) is 12.1 Å². The third-order valence-electron chi connectivity index (χ3n) is 3.81. The molecule has 6 nitrogen and oxygen atoms in total. The highest BCUT2D eigenvalue weighted by Gasteiger charge is 2.16. The molecule has 0 fully saturated rings. The standard InChI is InChI=1S/C20H15F2N3O3/c1-28-15-7-5-14(6-8-15)24-19(26)12-9-13(11-23-10-12)20(27)25-18-16(21)3-2-4-17(18)22/h2-11H,1H3,(H,24,26)(H,25,27). The fraction of sp³-hybridized carbons (Fsp3) is 0.0500. The number of benzene rings is 2. The van der Waals surface area contributed by atoms with Gasteiger partial charge in [0.25, 0.3) is 11.8 Å². The summed E-state index contributed by atoms with van der Waals surface area (Å²) in [7, 11) is 1.53. The number of nitrogens with zero attached hydrogens (tertiary/aromatic N) is 1. The molecule has 1 aromatic heterocycles. The zero-order valence-electron chi connectivity index (χ0n) is 14.7. The van der Waals surface area contributed by atoms with Crippen molar-refractivity contribution in [1.82, 2.24) is 4.98 Å². The van der Waals surface area contributed by atoms with Gasteiger partial charge in [0.05, 0.1) is 18.2 Å². The molecule has 142 valence electrons. The summed E-state index contributed by atoms with van der Waals surface area (Å²) < 4.78 is 32.4. The molecule has 0 bridgehead atoms. The number of ether oxygens (including phenoxy) is 1. The number of carbonyl (C=O) groups is 2. The van der Waals surface area contributed by atoms with E-state index in [1.54, 1.807) is 24.3 Å². The Kier molecular flexibility index (Phi) is 5.59. The number of aromatic nitrogens is 1. The Labute approximate surface area is 159 Å². The van der Waals surface area contributed by atoms with Crippen LogP contribution in [0.2, 0.25) is 0 Å². The molecule has 3 rings (SSSR count). The number of hydrogen-bond donors (Lipinski definition) is 2. The number of para-hydroxylation sites is 1. The van der Waals surface area contributed by atoms with Gasteiger partial charge in [-0.15, -0.1) is 0 Å². The lowest BCUT2D eigenvalue weighted by atomic mass is 10.1. The lowest BCUT2D eigenvalue weighted by Gasteiger charge is -2.09. The second kappa shape index (κ2) is 8.26. The maximum Gasteiger partial charge on any atom is 0.257 e. The third kappa shape index (κ3) is 4.29. The highest BCUT2D eigenvalue weighted by atomic mass is 19.1. The summed E-state index contributed by atoms with van der Waals surface area (Å²) >= 11 is 0. The van der Waals surface area contributed by atoms with Gasteiger partial charge in [0, 0.05) is 18.1 Å². The van der Waals surface area contributed by atoms with Crippen LogP contribution in [0.5, 0.6) is 5.75 Å². The third-order valence-corrected chi connectivity index (χ3v) is 3.81. The van der Waals surface area contributed by atoms with E-state index in [1.165, 1.54) is 31.6 Å². The van der Waals surface area contributed by atoms with Gasteiger partial charge in [-0.2, -0.15) is 0 Å². The van der Waals surface area contributed by atoms with E-state index in [9.17, 15) is 18.4 Å². The normalized spacial score (nSPS) is 10.2. The zero-order valence-corrected chi connectivity index (χ0v) is 14.7. The summed E-state index contributed by atoms with van der Waals surface area (Å²) in [4.78, 5) is 28.5. The number of nitrogens with one attached hydrogen (secondary N) is 2. The molecule has 8 heteroatoms. The van der Waals surface area contributed by atoms with Crippen molar-refractivity contribution in [1.29, 1.82) is 0 Å². The van der Waals surface area contributed by atoms with Gasteiger partial charge in [-0.3, -0.25) is 14.6 Å². The van der Waals surface area contributed by atoms with E-state index in [-0.39, 0.29) is 11.1 Å². The Morgan fingerprint density at radius 1 is 0.893 bits per heavy atom. The lowest BCUT2D eigenvalue weighted by Crippen LogP contribution is -2.17. The number of rotatable bonds is 5. The molecule has 2 amide bonds. The van der Waals surface area contributed by atoms with Gasteiger partial charge >= 0.3 is 0 Å². The molecule has 0 radical (unpaired) electrons. The smallest absolute Gasteiger partial charge is 0.257 e. The van der Waals surface area contributed by atoms with Gasteiger partial charge in [0.2, 0.25) is 0 Å². The maximum absolute atomic E-state index is 13.7. The van der Waals surface area contributed by atoms with Crippen molar-refractivity contribution in [3.05, 3.63) is 83.7 Å². The molecular formula is C20H15F2N3O3. The number of anilines is 2. The molecule has 0 aliphatic rings. The SMILES string of the molecule is COc1ccc(NC(=O)c2cncc(C(=O)Nc3c(F)cccc3F)c2)cc1. The van der Waals surface area contributed by atoms with Crippen LogP contribution in [0.3, 0.4) is 0 Å². The molecule has 0 aliphatic heterocycles. The second-order valence-electron chi connectivity index (χ2n) is 5.70. The molecule has 0 aliphatic carbocycles. The fourth-order valence-electron chi connectivity index (χ4n) is 2.37. The Morgan fingerprint density at radius 3 is 2.04 bits per heavy atom. The predicted molar refractivity (Wildman–Crippen MR) is 99.5 cm³/mol. The first kappa shape index (κ1) is 19.0. The molecule has 0 spiro atoms. The summed E-state index contributed by atoms with van der Waals surface area (Å²) in [5, 5.41) is 4.81. The summed E-state index contributed by atoms with van der Waals surface area (Å²) in [5.41, 5.74) is 0.0391. The van der Waals surface area contributed by atoms with E-state index >= 15 is 0 Å². The minimum atomic E-state index is -0.908. The van der Waals surface area contributed by atoms with Crippen LogP contribution in [0, 0.1) is 11.6 Å². The van der Waals surface area contributed by atoms with Crippen LogP contribution in [0.1, 0.15) is 20.7 Å². The molecule has 2 N–H and O–H groups in total. The van der Waals surface area contributed by atoms with Crippen LogP contribution in [0.4, 0.5) is 20.2 Å². The first-order valence-corrected chi connectivity index (χ1v) is 8.14. The largest absolute Gasteiger partial charge is 0.497 e. The predicted octanol–water partition coefficient (Wildman–Crippen LogP) is 3.87. The maximum atomic E-state index is 13.7. The van der Waals surface area contributed by atoms with Crippen LogP contribution in [-0.2, 0) is 0 Å². The van der Waals surface area contributed by atoms with Crippen molar-refractivity contribution in [2.45, 2.75) is 0 Å². The van der Waals surface area contributed by atoms with E-state index in [1.807, 2.05) is 0 Å². The molecule has 1 heterocycles. The number of hydrogen-bond acceptors (Lipinski definition) is 4. The van der Waals surface area contributed by atoms with Crippen molar-refractivity contribution in [2.24, 2.45) is 0 Å². The van der Waals surface area contributed by atoms with Crippen molar-refractivity contribution in [2.75, 3.05) is 17.7 Å². The van der Waals surface area contributed by atoms with Gasteiger partial charge in [-0.1, -0.05) is 6.07 Å². The second-order valence-corrected chi connectivity index (χ2v) is 5.70. The summed E-state index contributed by atoms with van der Waals surface area (Å²) in [5.74, 6) is -2.47. The minimum Gasteiger partial charge on any atom is -0.497 e. The number of amides is 2. The first-order chi connectivity index (χ1) is 13.5. The van der Waals surface area contributed by atoms with Crippen LogP contribution in [-0.4, -0.2) is 23.9 Å². The molecular weight excluding hydrogens is 368 g/mol. The molecule has 28 heavy (non-hydrogen) atoms. The molecule has 0 unspecified atom stereocenters. The van der Waals surface area contributed by atoms with E-state index < -0.39 is 29.1 Å². The fourth-order valence-corrected chi connectivity index (χ4v) is 2.37. The lowest BCUT2D eigenvalue weighted by molar-refractivity contribution is 0.102. The van der Waals surface area contributed by atoms with Crippen molar-refractivity contribution < 1.29 is 23.1 Å². The van der Waals surface area contributed by atoms with Gasteiger partial charge in [0.15, 0.2) is 0 Å². The number of pyridine rings is 1. The minimum absolute atomic E-state index is 0.0231. The Balaban J connectivity index is 1.75. The van der Waals surface area contributed by atoms with E-state index in [2.05, 4.69) is 15.6 Å². The number of carbonyl (C=O) groups excluding carboxylic acids is 2. The summed E-state index contributed by atoms with van der Waals surface area (Å²) in [6.45, 7) is 0. The summed E-state index contributed by atoms with van der Waals surface area (Å²) in [6.07, 6.45) is 2.47. The highest BCUT2D eigenvalue weighted by Crippen LogP contribution is 2.19. The number of halogens is 2. The Morgan fingerprint density at radius 2 is 1.46 bits per heavy atom. The molecule has 0 saturated carbocycles. The first-order valence-electron chi connectivity index (χ1n) is 8.14. The van der Waals surface area contributed by atoms with Crippen LogP contribution >= 0.6 is 0 Å². The van der Waals surface area contributed by atoms with Gasteiger partial charge in [0.1, 0.15) is 23.1 Å². The van der Waals surface area contributed by atoms with Gasteiger partial charge in [-0.05, 0) is 42.5 Å². The van der Waals surface area contributed by atoms with E-state index in [0.29, 0.717) is 11.4 Å². The van der Waals surface area contributed by atoms with Crippen molar-refractivity contribution in [3.8, 4) is 5.75 Å². The zero-order chi connectivity index (χ0) is 20.1. The quantitative estimate of drug-likeness (QED) is 0.701. The molecule has 3 aromatic rings. The van der Waals surface area contributed by atoms with Gasteiger partial charge < -0.3 is 15.4 Å². The molecule has 0 saturated heterocycles. The Hall–Kier alpha value is -3.81. The van der Waals surface area contributed by atoms with E-state index in [4.69, 9.17) is 4.74 Å². The van der Waals surface area contributed by atoms with Crippen molar-refractivity contribution >= 4 is 23.2 Å². The summed E-state index contributed by atoms with van der Waals surface area (Å²) in [6, 6.07) is 11.2. The number of methoxy groups -OCH3 is 1. The average molecular weight is 383 g/mol. The van der Waals surface area contributed by atoms with Crippen LogP contribution < -0.4 is 15.4 Å². The van der Waals surface area contributed by atoms with Gasteiger partial charge in [-0.25, -0.2) is 8.78 Å². The Bertz CT molecular complexity index is 1000. The highest BCUT2D eigenvalue weighted by molar-refractivity contribution is 6.08. The average Bonchev–Trinajstić information content (AvgIpc) is 2.71. The van der Waals surface area contributed by atoms with Crippen molar-refractivity contribution in [3.63, 3.8) is 0 Å².